The predicted octanol–water partition coefficient (Wildman–Crippen LogP) is 3.27. The topological polar surface area (TPSA) is 84.5 Å². The van der Waals surface area contributed by atoms with E-state index in [2.05, 4.69) is 10.0 Å². The molecule has 0 aliphatic heterocycles. The Morgan fingerprint density at radius 2 is 1.64 bits per heavy atom. The average Bonchev–Trinajstić information content (AvgIpc) is 2.65. The molecule has 0 spiro atoms. The molecule has 7 heteroatoms. The van der Waals surface area contributed by atoms with Gasteiger partial charge in [-0.2, -0.15) is 0 Å². The van der Waals surface area contributed by atoms with Gasteiger partial charge in [0.25, 0.3) is 5.91 Å². The number of rotatable bonds is 8. The van der Waals surface area contributed by atoms with Gasteiger partial charge in [-0.1, -0.05) is 51.1 Å². The van der Waals surface area contributed by atoms with Crippen molar-refractivity contribution in [2.75, 3.05) is 13.2 Å². The quantitative estimate of drug-likeness (QED) is 0.707. The first-order chi connectivity index (χ1) is 13.1. The lowest BCUT2D eigenvalue weighted by molar-refractivity contribution is -0.123. The number of benzene rings is 2. The molecule has 0 saturated heterocycles. The number of sulfonamides is 1. The third-order valence-corrected chi connectivity index (χ3v) is 5.51. The Morgan fingerprint density at radius 1 is 1.04 bits per heavy atom. The second-order valence-corrected chi connectivity index (χ2v) is 9.57. The fourth-order valence-electron chi connectivity index (χ4n) is 2.39. The summed E-state index contributed by atoms with van der Waals surface area (Å²) in [7, 11) is -3.67. The van der Waals surface area contributed by atoms with Gasteiger partial charge >= 0.3 is 0 Å². The van der Waals surface area contributed by atoms with Crippen LogP contribution in [-0.4, -0.2) is 27.5 Å². The third kappa shape index (κ3) is 6.98. The van der Waals surface area contributed by atoms with E-state index < -0.39 is 10.0 Å². The number of ether oxygens (including phenoxy) is 1. The van der Waals surface area contributed by atoms with Gasteiger partial charge in [-0.05, 0) is 42.2 Å². The molecule has 2 rings (SSSR count). The largest absolute Gasteiger partial charge is 0.484 e. The Labute approximate surface area is 167 Å². The zero-order chi connectivity index (χ0) is 20.8. The second-order valence-electron chi connectivity index (χ2n) is 7.85. The van der Waals surface area contributed by atoms with Crippen molar-refractivity contribution in [1.82, 2.24) is 10.0 Å². The van der Waals surface area contributed by atoms with Gasteiger partial charge in [-0.25, -0.2) is 13.1 Å². The lowest BCUT2D eigenvalue weighted by Gasteiger charge is -2.18. The van der Waals surface area contributed by atoms with Gasteiger partial charge in [-0.15, -0.1) is 0 Å². The van der Waals surface area contributed by atoms with Crippen LogP contribution in [0.5, 0.6) is 5.75 Å². The summed E-state index contributed by atoms with van der Waals surface area (Å²) in [6, 6.07) is 15.0. The Hall–Kier alpha value is -2.38. The van der Waals surface area contributed by atoms with E-state index in [1.807, 2.05) is 51.1 Å². The first-order valence-electron chi connectivity index (χ1n) is 9.14. The van der Waals surface area contributed by atoms with Crippen LogP contribution in [0.1, 0.15) is 39.3 Å². The first kappa shape index (κ1) is 21.9. The molecule has 0 saturated carbocycles. The fraction of sp³-hybridized carbons (Fsp3) is 0.381. The molecule has 0 heterocycles. The maximum atomic E-state index is 12.6. The zero-order valence-corrected chi connectivity index (χ0v) is 17.5. The SMILES string of the molecule is C[C@@H](NS(=O)(=O)c1ccc(OCC(=O)NCC(C)(C)C)cc1)c1ccccc1. The van der Waals surface area contributed by atoms with Gasteiger partial charge < -0.3 is 10.1 Å². The Kier molecular flexibility index (Phi) is 7.21. The molecule has 0 aliphatic carbocycles. The van der Waals surface area contributed by atoms with Crippen LogP contribution in [0.3, 0.4) is 0 Å². The Balaban J connectivity index is 1.93. The van der Waals surface area contributed by atoms with Gasteiger partial charge in [0.15, 0.2) is 6.61 Å². The number of hydrogen-bond donors (Lipinski definition) is 2. The number of amides is 1. The van der Waals surface area contributed by atoms with Crippen molar-refractivity contribution < 1.29 is 17.9 Å². The maximum absolute atomic E-state index is 12.6. The third-order valence-electron chi connectivity index (χ3n) is 3.95. The van der Waals surface area contributed by atoms with Crippen LogP contribution >= 0.6 is 0 Å². The lowest BCUT2D eigenvalue weighted by Crippen LogP contribution is -2.35. The molecule has 0 bridgehead atoms. The highest BCUT2D eigenvalue weighted by Crippen LogP contribution is 2.19. The standard InChI is InChI=1S/C21H28N2O4S/c1-16(17-8-6-5-7-9-17)23-28(25,26)19-12-10-18(11-13-19)27-14-20(24)22-15-21(2,3)4/h5-13,16,23H,14-15H2,1-4H3,(H,22,24)/t16-/m1/s1. The number of carbonyl (C=O) groups excluding carboxylic acids is 1. The molecule has 0 aromatic heterocycles. The minimum Gasteiger partial charge on any atom is -0.484 e. The summed E-state index contributed by atoms with van der Waals surface area (Å²) in [5, 5.41) is 2.80. The van der Waals surface area contributed by atoms with E-state index in [0.29, 0.717) is 12.3 Å². The molecular formula is C21H28N2O4S. The van der Waals surface area contributed by atoms with Crippen LogP contribution in [0.15, 0.2) is 59.5 Å². The van der Waals surface area contributed by atoms with Crippen LogP contribution in [0.25, 0.3) is 0 Å². The molecule has 1 amide bonds. The van der Waals surface area contributed by atoms with E-state index in [1.54, 1.807) is 19.1 Å². The Bertz CT molecular complexity index is 873. The summed E-state index contributed by atoms with van der Waals surface area (Å²) in [4.78, 5) is 11.9. The van der Waals surface area contributed by atoms with Gasteiger partial charge in [0.2, 0.25) is 10.0 Å². The molecule has 152 valence electrons. The zero-order valence-electron chi connectivity index (χ0n) is 16.7. The molecule has 2 aromatic rings. The van der Waals surface area contributed by atoms with E-state index in [0.717, 1.165) is 5.56 Å². The van der Waals surface area contributed by atoms with Crippen LogP contribution in [0.4, 0.5) is 0 Å². The van der Waals surface area contributed by atoms with Crippen molar-refractivity contribution in [2.24, 2.45) is 5.41 Å². The molecule has 0 unspecified atom stereocenters. The summed E-state index contributed by atoms with van der Waals surface area (Å²) >= 11 is 0. The summed E-state index contributed by atoms with van der Waals surface area (Å²) in [5.41, 5.74) is 0.877. The van der Waals surface area contributed by atoms with Crippen molar-refractivity contribution >= 4 is 15.9 Å². The van der Waals surface area contributed by atoms with Crippen molar-refractivity contribution in [3.63, 3.8) is 0 Å². The molecule has 2 aromatic carbocycles. The lowest BCUT2D eigenvalue weighted by atomic mass is 9.97. The molecular weight excluding hydrogens is 376 g/mol. The average molecular weight is 405 g/mol. The highest BCUT2D eigenvalue weighted by molar-refractivity contribution is 7.89. The van der Waals surface area contributed by atoms with Crippen molar-refractivity contribution in [2.45, 2.75) is 38.6 Å². The van der Waals surface area contributed by atoms with E-state index in [9.17, 15) is 13.2 Å². The highest BCUT2D eigenvalue weighted by atomic mass is 32.2. The summed E-state index contributed by atoms with van der Waals surface area (Å²) in [6.45, 7) is 8.31. The molecule has 0 aliphatic rings. The molecule has 2 N–H and O–H groups in total. The summed E-state index contributed by atoms with van der Waals surface area (Å²) in [5.74, 6) is 0.214. The van der Waals surface area contributed by atoms with E-state index in [1.165, 1.54) is 12.1 Å². The normalized spacial score (nSPS) is 13.0. The van der Waals surface area contributed by atoms with Crippen LogP contribution in [-0.2, 0) is 14.8 Å². The van der Waals surface area contributed by atoms with E-state index in [-0.39, 0.29) is 28.9 Å². The maximum Gasteiger partial charge on any atom is 0.257 e. The summed E-state index contributed by atoms with van der Waals surface area (Å²) in [6.07, 6.45) is 0. The smallest absolute Gasteiger partial charge is 0.257 e. The number of nitrogens with one attached hydrogen (secondary N) is 2. The second kappa shape index (κ2) is 9.21. The highest BCUT2D eigenvalue weighted by Gasteiger charge is 2.18. The van der Waals surface area contributed by atoms with Crippen molar-refractivity contribution in [1.29, 1.82) is 0 Å². The van der Waals surface area contributed by atoms with Crippen molar-refractivity contribution in [3.8, 4) is 5.75 Å². The van der Waals surface area contributed by atoms with Crippen LogP contribution < -0.4 is 14.8 Å². The Morgan fingerprint density at radius 3 is 2.21 bits per heavy atom. The first-order valence-corrected chi connectivity index (χ1v) is 10.6. The molecule has 1 atom stereocenters. The number of carbonyl (C=O) groups is 1. The van der Waals surface area contributed by atoms with E-state index in [4.69, 9.17) is 4.74 Å². The predicted molar refractivity (Wildman–Crippen MR) is 110 cm³/mol. The van der Waals surface area contributed by atoms with Crippen molar-refractivity contribution in [3.05, 3.63) is 60.2 Å². The van der Waals surface area contributed by atoms with Gasteiger partial charge in [0.05, 0.1) is 4.90 Å². The minimum absolute atomic E-state index is 0.00441. The molecule has 0 radical (unpaired) electrons. The van der Waals surface area contributed by atoms with Crippen LogP contribution in [0.2, 0.25) is 0 Å². The van der Waals surface area contributed by atoms with Gasteiger partial charge in [-0.3, -0.25) is 4.79 Å². The van der Waals surface area contributed by atoms with Crippen LogP contribution in [0, 0.1) is 5.41 Å². The minimum atomic E-state index is -3.67. The number of hydrogen-bond acceptors (Lipinski definition) is 4. The molecule has 28 heavy (non-hydrogen) atoms. The molecule has 6 nitrogen and oxygen atoms in total. The fourth-order valence-corrected chi connectivity index (χ4v) is 3.62. The molecule has 0 fully saturated rings. The summed E-state index contributed by atoms with van der Waals surface area (Å²) < 4.78 is 33.2. The van der Waals surface area contributed by atoms with Gasteiger partial charge in [0, 0.05) is 12.6 Å². The van der Waals surface area contributed by atoms with E-state index >= 15 is 0 Å². The monoisotopic (exact) mass is 404 g/mol. The van der Waals surface area contributed by atoms with Gasteiger partial charge in [0.1, 0.15) is 5.75 Å².